The second-order valence-electron chi connectivity index (χ2n) is 4.76. The van der Waals surface area contributed by atoms with Gasteiger partial charge in [0.25, 0.3) is 5.91 Å². The molecule has 0 aliphatic rings. The Labute approximate surface area is 126 Å². The molecule has 0 radical (unpaired) electrons. The van der Waals surface area contributed by atoms with Crippen molar-refractivity contribution in [2.45, 2.75) is 6.92 Å². The zero-order valence-corrected chi connectivity index (χ0v) is 12.6. The van der Waals surface area contributed by atoms with Crippen molar-refractivity contribution in [1.82, 2.24) is 4.98 Å². The standard InChI is InChI=1S/C16H15N3OS/c1-10-7-12(9-15(17-2)18-10)16(20)19-13-3-4-14-11(8-13)5-6-21-14/h3-9H,1-2H3,(H,17,18)(H,19,20). The third kappa shape index (κ3) is 2.87. The predicted octanol–water partition coefficient (Wildman–Crippen LogP) is 3.90. The molecule has 2 N–H and O–H groups in total. The maximum atomic E-state index is 12.3. The number of anilines is 2. The number of benzene rings is 1. The molecule has 0 aliphatic carbocycles. The predicted molar refractivity (Wildman–Crippen MR) is 88.3 cm³/mol. The summed E-state index contributed by atoms with van der Waals surface area (Å²) in [5, 5.41) is 9.07. The first kappa shape index (κ1) is 13.6. The van der Waals surface area contributed by atoms with E-state index in [1.54, 1.807) is 30.5 Å². The third-order valence-electron chi connectivity index (χ3n) is 3.18. The monoisotopic (exact) mass is 297 g/mol. The van der Waals surface area contributed by atoms with E-state index in [0.29, 0.717) is 11.4 Å². The van der Waals surface area contributed by atoms with Gasteiger partial charge in [0.15, 0.2) is 0 Å². The molecular formula is C16H15N3OS. The lowest BCUT2D eigenvalue weighted by molar-refractivity contribution is 0.102. The molecule has 4 nitrogen and oxygen atoms in total. The van der Waals surface area contributed by atoms with Crippen molar-refractivity contribution >= 4 is 38.8 Å². The number of carbonyl (C=O) groups is 1. The Morgan fingerprint density at radius 2 is 2.05 bits per heavy atom. The molecule has 0 saturated carbocycles. The van der Waals surface area contributed by atoms with Crippen LogP contribution in [0.3, 0.4) is 0 Å². The highest BCUT2D eigenvalue weighted by Crippen LogP contribution is 2.24. The fraction of sp³-hybridized carbons (Fsp3) is 0.125. The summed E-state index contributed by atoms with van der Waals surface area (Å²) in [5.74, 6) is 0.556. The Kier molecular flexibility index (Phi) is 3.58. The van der Waals surface area contributed by atoms with Crippen LogP contribution < -0.4 is 10.6 Å². The number of fused-ring (bicyclic) bond motifs is 1. The molecule has 5 heteroatoms. The van der Waals surface area contributed by atoms with Crippen LogP contribution in [0.5, 0.6) is 0 Å². The molecule has 0 aliphatic heterocycles. The van der Waals surface area contributed by atoms with E-state index in [0.717, 1.165) is 16.8 Å². The van der Waals surface area contributed by atoms with E-state index in [4.69, 9.17) is 0 Å². The number of carbonyl (C=O) groups excluding carboxylic acids is 1. The summed E-state index contributed by atoms with van der Waals surface area (Å²) >= 11 is 1.69. The van der Waals surface area contributed by atoms with E-state index in [9.17, 15) is 4.79 Å². The summed E-state index contributed by atoms with van der Waals surface area (Å²) in [6, 6.07) is 11.5. The van der Waals surface area contributed by atoms with Crippen molar-refractivity contribution in [3.63, 3.8) is 0 Å². The minimum Gasteiger partial charge on any atom is -0.373 e. The maximum Gasteiger partial charge on any atom is 0.255 e. The molecule has 0 unspecified atom stereocenters. The quantitative estimate of drug-likeness (QED) is 0.771. The Hall–Kier alpha value is -2.40. The minimum absolute atomic E-state index is 0.133. The molecule has 21 heavy (non-hydrogen) atoms. The van der Waals surface area contributed by atoms with Gasteiger partial charge in [0, 0.05) is 28.7 Å². The van der Waals surface area contributed by atoms with Gasteiger partial charge < -0.3 is 10.6 Å². The summed E-state index contributed by atoms with van der Waals surface area (Å²) in [6.07, 6.45) is 0. The molecule has 0 spiro atoms. The number of thiophene rings is 1. The van der Waals surface area contributed by atoms with Crippen LogP contribution in [0.25, 0.3) is 10.1 Å². The van der Waals surface area contributed by atoms with Gasteiger partial charge in [-0.2, -0.15) is 0 Å². The number of nitrogens with zero attached hydrogens (tertiary/aromatic N) is 1. The normalized spacial score (nSPS) is 10.6. The molecule has 0 bridgehead atoms. The van der Waals surface area contributed by atoms with Gasteiger partial charge >= 0.3 is 0 Å². The van der Waals surface area contributed by atoms with Gasteiger partial charge in [-0.05, 0) is 54.1 Å². The summed E-state index contributed by atoms with van der Waals surface area (Å²) in [6.45, 7) is 1.87. The van der Waals surface area contributed by atoms with Crippen LogP contribution >= 0.6 is 11.3 Å². The van der Waals surface area contributed by atoms with Crippen molar-refractivity contribution in [2.24, 2.45) is 0 Å². The minimum atomic E-state index is -0.133. The molecule has 0 saturated heterocycles. The van der Waals surface area contributed by atoms with Crippen LogP contribution in [-0.2, 0) is 0 Å². The Balaban J connectivity index is 1.86. The molecule has 0 atom stereocenters. The summed E-state index contributed by atoms with van der Waals surface area (Å²) < 4.78 is 1.21. The van der Waals surface area contributed by atoms with Crippen LogP contribution in [0.15, 0.2) is 41.8 Å². The Bertz CT molecular complexity index is 810. The van der Waals surface area contributed by atoms with Gasteiger partial charge in [-0.3, -0.25) is 4.79 Å². The van der Waals surface area contributed by atoms with E-state index in [-0.39, 0.29) is 5.91 Å². The highest BCUT2D eigenvalue weighted by molar-refractivity contribution is 7.17. The van der Waals surface area contributed by atoms with E-state index in [2.05, 4.69) is 15.6 Å². The molecule has 3 rings (SSSR count). The number of hydrogen-bond donors (Lipinski definition) is 2. The van der Waals surface area contributed by atoms with Crippen LogP contribution in [-0.4, -0.2) is 17.9 Å². The van der Waals surface area contributed by atoms with Crippen molar-refractivity contribution in [2.75, 3.05) is 17.7 Å². The lowest BCUT2D eigenvalue weighted by Crippen LogP contribution is -2.13. The molecule has 3 aromatic rings. The average molecular weight is 297 g/mol. The van der Waals surface area contributed by atoms with Gasteiger partial charge in [0.05, 0.1) is 0 Å². The van der Waals surface area contributed by atoms with Gasteiger partial charge in [0.2, 0.25) is 0 Å². The van der Waals surface area contributed by atoms with Gasteiger partial charge in [-0.1, -0.05) is 0 Å². The molecule has 106 valence electrons. The van der Waals surface area contributed by atoms with Gasteiger partial charge in [0.1, 0.15) is 5.82 Å². The molecule has 1 aromatic carbocycles. The fourth-order valence-electron chi connectivity index (χ4n) is 2.18. The number of aromatic nitrogens is 1. The second kappa shape index (κ2) is 5.54. The third-order valence-corrected chi connectivity index (χ3v) is 4.08. The second-order valence-corrected chi connectivity index (χ2v) is 5.71. The van der Waals surface area contributed by atoms with E-state index in [1.807, 2.05) is 36.6 Å². The first-order chi connectivity index (χ1) is 10.2. The Morgan fingerprint density at radius 1 is 1.19 bits per heavy atom. The van der Waals surface area contributed by atoms with E-state index in [1.165, 1.54) is 4.70 Å². The van der Waals surface area contributed by atoms with Gasteiger partial charge in [-0.25, -0.2) is 4.98 Å². The van der Waals surface area contributed by atoms with Crippen molar-refractivity contribution in [1.29, 1.82) is 0 Å². The zero-order valence-electron chi connectivity index (χ0n) is 11.8. The van der Waals surface area contributed by atoms with Crippen molar-refractivity contribution in [3.05, 3.63) is 53.0 Å². The van der Waals surface area contributed by atoms with Crippen LogP contribution in [0.4, 0.5) is 11.5 Å². The largest absolute Gasteiger partial charge is 0.373 e. The fourth-order valence-corrected chi connectivity index (χ4v) is 2.95. The molecule has 0 fully saturated rings. The van der Waals surface area contributed by atoms with Crippen LogP contribution in [0.2, 0.25) is 0 Å². The maximum absolute atomic E-state index is 12.3. The van der Waals surface area contributed by atoms with E-state index < -0.39 is 0 Å². The van der Waals surface area contributed by atoms with Crippen LogP contribution in [0.1, 0.15) is 16.1 Å². The molecule has 2 aromatic heterocycles. The molecule has 1 amide bonds. The highest BCUT2D eigenvalue weighted by atomic mass is 32.1. The SMILES string of the molecule is CNc1cc(C(=O)Nc2ccc3sccc3c2)cc(C)n1. The summed E-state index contributed by atoms with van der Waals surface area (Å²) in [4.78, 5) is 16.6. The zero-order chi connectivity index (χ0) is 14.8. The average Bonchev–Trinajstić information content (AvgIpc) is 2.94. The summed E-state index contributed by atoms with van der Waals surface area (Å²) in [5.41, 5.74) is 2.20. The lowest BCUT2D eigenvalue weighted by atomic mass is 10.2. The number of amides is 1. The van der Waals surface area contributed by atoms with Crippen molar-refractivity contribution in [3.8, 4) is 0 Å². The van der Waals surface area contributed by atoms with Gasteiger partial charge in [-0.15, -0.1) is 11.3 Å². The van der Waals surface area contributed by atoms with Crippen molar-refractivity contribution < 1.29 is 4.79 Å². The first-order valence-electron chi connectivity index (χ1n) is 6.61. The summed E-state index contributed by atoms with van der Waals surface area (Å²) in [7, 11) is 1.79. The highest BCUT2D eigenvalue weighted by Gasteiger charge is 2.09. The first-order valence-corrected chi connectivity index (χ1v) is 7.49. The molecular weight excluding hydrogens is 282 g/mol. The number of hydrogen-bond acceptors (Lipinski definition) is 4. The number of aryl methyl sites for hydroxylation is 1. The number of rotatable bonds is 3. The topological polar surface area (TPSA) is 54.0 Å². The molecule has 2 heterocycles. The smallest absolute Gasteiger partial charge is 0.255 e. The van der Waals surface area contributed by atoms with Crippen LogP contribution in [0, 0.1) is 6.92 Å². The Morgan fingerprint density at radius 3 is 2.86 bits per heavy atom. The number of pyridine rings is 1. The number of nitrogens with one attached hydrogen (secondary N) is 2. The lowest BCUT2D eigenvalue weighted by Gasteiger charge is -2.08. The van der Waals surface area contributed by atoms with E-state index >= 15 is 0 Å².